The number of urea groups is 1. The summed E-state index contributed by atoms with van der Waals surface area (Å²) in [5.74, 6) is -0.112. The Morgan fingerprint density at radius 3 is 2.29 bits per heavy atom. The third kappa shape index (κ3) is 3.96. The van der Waals surface area contributed by atoms with Gasteiger partial charge in [0.15, 0.2) is 0 Å². The first-order valence-corrected chi connectivity index (χ1v) is 8.67. The average Bonchev–Trinajstić information content (AvgIpc) is 2.63. The number of carbonyl (C=O) groups excluding carboxylic acids is 2. The van der Waals surface area contributed by atoms with Crippen LogP contribution in [0.4, 0.5) is 4.79 Å². The van der Waals surface area contributed by atoms with Crippen LogP contribution in [0.1, 0.15) is 42.5 Å². The van der Waals surface area contributed by atoms with Crippen LogP contribution in [0.2, 0.25) is 0 Å². The van der Waals surface area contributed by atoms with Crippen molar-refractivity contribution in [3.63, 3.8) is 0 Å². The Labute approximate surface area is 141 Å². The van der Waals surface area contributed by atoms with Gasteiger partial charge in [0.25, 0.3) is 5.91 Å². The second-order valence-electron chi connectivity index (χ2n) is 6.51. The molecule has 2 fully saturated rings. The van der Waals surface area contributed by atoms with Crippen LogP contribution in [0.5, 0.6) is 0 Å². The molecule has 1 saturated heterocycles. The molecule has 0 bridgehead atoms. The molecule has 0 spiro atoms. The van der Waals surface area contributed by atoms with Crippen molar-refractivity contribution in [3.05, 3.63) is 34.2 Å². The normalized spacial score (nSPS) is 19.2. The Balaban J connectivity index is 1.49. The highest BCUT2D eigenvalue weighted by Gasteiger charge is 2.26. The number of aromatic nitrogens is 1. The van der Waals surface area contributed by atoms with Gasteiger partial charge in [0.05, 0.1) is 5.56 Å². The van der Waals surface area contributed by atoms with E-state index in [4.69, 9.17) is 0 Å². The summed E-state index contributed by atoms with van der Waals surface area (Å²) in [7, 11) is 0. The van der Waals surface area contributed by atoms with Crippen LogP contribution in [0, 0.1) is 0 Å². The molecular formula is C17H24N4O3. The summed E-state index contributed by atoms with van der Waals surface area (Å²) in [6.45, 7) is 2.09. The first-order valence-electron chi connectivity index (χ1n) is 8.67. The van der Waals surface area contributed by atoms with Crippen molar-refractivity contribution >= 4 is 11.9 Å². The van der Waals surface area contributed by atoms with E-state index in [1.807, 2.05) is 0 Å². The van der Waals surface area contributed by atoms with E-state index in [-0.39, 0.29) is 17.5 Å². The number of rotatable bonds is 2. The minimum atomic E-state index is -0.226. The Kier molecular flexibility index (Phi) is 5.17. The molecule has 0 radical (unpaired) electrons. The van der Waals surface area contributed by atoms with Crippen molar-refractivity contribution in [2.24, 2.45) is 0 Å². The lowest BCUT2D eigenvalue weighted by Gasteiger charge is -2.36. The molecule has 0 atom stereocenters. The number of pyridine rings is 1. The number of piperazine rings is 1. The first kappa shape index (κ1) is 16.5. The third-order valence-electron chi connectivity index (χ3n) is 4.82. The van der Waals surface area contributed by atoms with E-state index in [1.165, 1.54) is 37.6 Å². The molecule has 1 aromatic heterocycles. The summed E-state index contributed by atoms with van der Waals surface area (Å²) in [4.78, 5) is 41.8. The summed E-state index contributed by atoms with van der Waals surface area (Å²) >= 11 is 0. The van der Waals surface area contributed by atoms with E-state index in [9.17, 15) is 14.4 Å². The van der Waals surface area contributed by atoms with Crippen LogP contribution in [0.15, 0.2) is 23.1 Å². The molecule has 1 aromatic rings. The van der Waals surface area contributed by atoms with E-state index in [1.54, 1.807) is 9.80 Å². The highest BCUT2D eigenvalue weighted by molar-refractivity contribution is 5.94. The van der Waals surface area contributed by atoms with Crippen molar-refractivity contribution in [3.8, 4) is 0 Å². The van der Waals surface area contributed by atoms with Gasteiger partial charge in [-0.3, -0.25) is 9.59 Å². The second kappa shape index (κ2) is 7.51. The average molecular weight is 332 g/mol. The monoisotopic (exact) mass is 332 g/mol. The number of carbonyl (C=O) groups is 2. The van der Waals surface area contributed by atoms with Gasteiger partial charge in [-0.2, -0.15) is 0 Å². The zero-order valence-corrected chi connectivity index (χ0v) is 13.8. The second-order valence-corrected chi connectivity index (χ2v) is 6.51. The highest BCUT2D eigenvalue weighted by Crippen LogP contribution is 2.18. The number of amides is 3. The van der Waals surface area contributed by atoms with Gasteiger partial charge in [-0.05, 0) is 18.9 Å². The van der Waals surface area contributed by atoms with E-state index < -0.39 is 0 Å². The molecule has 1 aliphatic carbocycles. The summed E-state index contributed by atoms with van der Waals surface area (Å²) in [5.41, 5.74) is 0.241. The van der Waals surface area contributed by atoms with Gasteiger partial charge in [-0.15, -0.1) is 0 Å². The Bertz CT molecular complexity index is 623. The topological polar surface area (TPSA) is 85.5 Å². The van der Waals surface area contributed by atoms with Gasteiger partial charge in [0.2, 0.25) is 5.56 Å². The SMILES string of the molecule is O=C(NC1CCCCC1)N1CCN(C(=O)c2ccc(=O)[nH]c2)CC1. The van der Waals surface area contributed by atoms with Gasteiger partial charge in [-0.25, -0.2) is 4.79 Å². The van der Waals surface area contributed by atoms with Crippen LogP contribution in [0.3, 0.4) is 0 Å². The van der Waals surface area contributed by atoms with Crippen LogP contribution in [-0.4, -0.2) is 58.9 Å². The molecule has 3 rings (SSSR count). The maximum Gasteiger partial charge on any atom is 0.317 e. The summed E-state index contributed by atoms with van der Waals surface area (Å²) in [5, 5.41) is 3.11. The quantitative estimate of drug-likeness (QED) is 0.852. The molecule has 3 amide bonds. The van der Waals surface area contributed by atoms with Gasteiger partial charge in [0.1, 0.15) is 0 Å². The van der Waals surface area contributed by atoms with E-state index in [2.05, 4.69) is 10.3 Å². The standard InChI is InChI=1S/C17H24N4O3/c22-15-7-6-13(12-18-15)16(23)20-8-10-21(11-9-20)17(24)19-14-4-2-1-3-5-14/h6-7,12,14H,1-5,8-11H2,(H,18,22)(H,19,24). The fourth-order valence-electron chi connectivity index (χ4n) is 3.35. The van der Waals surface area contributed by atoms with Crippen molar-refractivity contribution in [2.75, 3.05) is 26.2 Å². The lowest BCUT2D eigenvalue weighted by Crippen LogP contribution is -2.54. The van der Waals surface area contributed by atoms with Gasteiger partial charge in [0, 0.05) is 44.5 Å². The fourth-order valence-corrected chi connectivity index (χ4v) is 3.35. The Morgan fingerprint density at radius 2 is 1.67 bits per heavy atom. The molecule has 2 N–H and O–H groups in total. The summed E-state index contributed by atoms with van der Waals surface area (Å²) in [6, 6.07) is 3.16. The molecule has 130 valence electrons. The molecule has 24 heavy (non-hydrogen) atoms. The minimum Gasteiger partial charge on any atom is -0.335 e. The summed E-state index contributed by atoms with van der Waals surface area (Å²) in [6.07, 6.45) is 7.20. The zero-order chi connectivity index (χ0) is 16.9. The molecule has 2 heterocycles. The van der Waals surface area contributed by atoms with Crippen molar-refractivity contribution in [1.29, 1.82) is 0 Å². The van der Waals surface area contributed by atoms with Gasteiger partial charge in [-0.1, -0.05) is 19.3 Å². The van der Waals surface area contributed by atoms with Crippen LogP contribution in [-0.2, 0) is 0 Å². The molecular weight excluding hydrogens is 308 g/mol. The molecule has 0 aromatic carbocycles. The van der Waals surface area contributed by atoms with Gasteiger partial charge < -0.3 is 20.1 Å². The first-order chi connectivity index (χ1) is 11.6. The van der Waals surface area contributed by atoms with Crippen molar-refractivity contribution in [2.45, 2.75) is 38.1 Å². The van der Waals surface area contributed by atoms with Crippen LogP contribution in [0.25, 0.3) is 0 Å². The lowest BCUT2D eigenvalue weighted by atomic mass is 9.96. The van der Waals surface area contributed by atoms with E-state index >= 15 is 0 Å². The molecule has 1 aliphatic heterocycles. The Hall–Kier alpha value is -2.31. The predicted octanol–water partition coefficient (Wildman–Crippen LogP) is 1.18. The third-order valence-corrected chi connectivity index (χ3v) is 4.82. The molecule has 7 heteroatoms. The van der Waals surface area contributed by atoms with E-state index in [0.717, 1.165) is 12.8 Å². The van der Waals surface area contributed by atoms with Crippen molar-refractivity contribution < 1.29 is 9.59 Å². The van der Waals surface area contributed by atoms with Crippen LogP contribution < -0.4 is 10.9 Å². The number of hydrogen-bond acceptors (Lipinski definition) is 3. The highest BCUT2D eigenvalue weighted by atomic mass is 16.2. The number of nitrogens with one attached hydrogen (secondary N) is 2. The van der Waals surface area contributed by atoms with Gasteiger partial charge >= 0.3 is 6.03 Å². The minimum absolute atomic E-state index is 0.0157. The molecule has 2 aliphatic rings. The maximum absolute atomic E-state index is 12.4. The largest absolute Gasteiger partial charge is 0.335 e. The maximum atomic E-state index is 12.4. The molecule has 1 saturated carbocycles. The Morgan fingerprint density at radius 1 is 1.00 bits per heavy atom. The van der Waals surface area contributed by atoms with Crippen molar-refractivity contribution in [1.82, 2.24) is 20.1 Å². The number of hydrogen-bond donors (Lipinski definition) is 2. The summed E-state index contributed by atoms with van der Waals surface area (Å²) < 4.78 is 0. The molecule has 0 unspecified atom stereocenters. The number of H-pyrrole nitrogens is 1. The fraction of sp³-hybridized carbons (Fsp3) is 0.588. The zero-order valence-electron chi connectivity index (χ0n) is 13.8. The van der Waals surface area contributed by atoms with E-state index in [0.29, 0.717) is 37.8 Å². The predicted molar refractivity (Wildman–Crippen MR) is 89.9 cm³/mol. The molecule has 7 nitrogen and oxygen atoms in total. The smallest absolute Gasteiger partial charge is 0.317 e. The van der Waals surface area contributed by atoms with Crippen LogP contribution >= 0.6 is 0 Å². The lowest BCUT2D eigenvalue weighted by molar-refractivity contribution is 0.0662. The number of nitrogens with zero attached hydrogens (tertiary/aromatic N) is 2. The number of aromatic amines is 1.